The van der Waals surface area contributed by atoms with Crippen molar-refractivity contribution in [3.8, 4) is 0 Å². The van der Waals surface area contributed by atoms with Gasteiger partial charge in [-0.3, -0.25) is 4.79 Å². The lowest BCUT2D eigenvalue weighted by atomic mass is 9.95. The molecule has 3 aliphatic rings. The normalized spacial score (nSPS) is 38.1. The van der Waals surface area contributed by atoms with Gasteiger partial charge in [-0.05, 0) is 49.7 Å². The number of nitrogens with two attached hydrogens (primary N) is 1. The van der Waals surface area contributed by atoms with E-state index < -0.39 is 0 Å². The molecule has 0 aromatic rings. The number of primary amides is 1. The quantitative estimate of drug-likeness (QED) is 0.729. The zero-order valence-corrected chi connectivity index (χ0v) is 11.4. The van der Waals surface area contributed by atoms with Gasteiger partial charge in [0, 0.05) is 19.1 Å². The molecule has 0 radical (unpaired) electrons. The lowest BCUT2D eigenvalue weighted by Gasteiger charge is -2.28. The Morgan fingerprint density at radius 1 is 1.28 bits per heavy atom. The largest absolute Gasteiger partial charge is 0.369 e. The molecule has 18 heavy (non-hydrogen) atoms. The fraction of sp³-hybridized carbons (Fsp3) is 0.846. The smallest absolute Gasteiger partial charge is 0.222 e. The molecule has 2 bridgehead atoms. The van der Waals surface area contributed by atoms with Crippen molar-refractivity contribution >= 4 is 23.2 Å². The Kier molecular flexibility index (Phi) is 3.18. The Morgan fingerprint density at radius 3 is 2.67 bits per heavy atom. The maximum absolute atomic E-state index is 11.2. The van der Waals surface area contributed by atoms with Crippen LogP contribution >= 0.6 is 12.2 Å². The van der Waals surface area contributed by atoms with Gasteiger partial charge in [-0.15, -0.1) is 0 Å². The number of thiocarbonyl (C=S) groups is 1. The minimum atomic E-state index is -0.194. The molecule has 3 fully saturated rings. The molecule has 0 unspecified atom stereocenters. The highest BCUT2D eigenvalue weighted by Gasteiger charge is 2.40. The van der Waals surface area contributed by atoms with Gasteiger partial charge in [0.2, 0.25) is 5.91 Å². The van der Waals surface area contributed by atoms with Gasteiger partial charge in [-0.2, -0.15) is 0 Å². The summed E-state index contributed by atoms with van der Waals surface area (Å²) in [6, 6.07) is 0.573. The van der Waals surface area contributed by atoms with Crippen molar-refractivity contribution < 1.29 is 4.79 Å². The molecule has 0 spiro atoms. The number of nitrogens with one attached hydrogen (secondary N) is 1. The zero-order valence-electron chi connectivity index (χ0n) is 10.6. The van der Waals surface area contributed by atoms with Crippen LogP contribution in [0.5, 0.6) is 0 Å². The van der Waals surface area contributed by atoms with Crippen LogP contribution in [0.25, 0.3) is 0 Å². The second-order valence-corrected chi connectivity index (χ2v) is 6.45. The molecule has 3 N–H and O–H groups in total. The highest BCUT2D eigenvalue weighted by Crippen LogP contribution is 2.44. The molecule has 1 aliphatic heterocycles. The van der Waals surface area contributed by atoms with Crippen LogP contribution in [-0.4, -0.2) is 35.1 Å². The predicted molar refractivity (Wildman–Crippen MR) is 73.8 cm³/mol. The number of rotatable bonds is 2. The molecular weight excluding hydrogens is 246 g/mol. The average Bonchev–Trinajstić information content (AvgIpc) is 3.04. The maximum atomic E-state index is 11.2. The van der Waals surface area contributed by atoms with Gasteiger partial charge in [0.05, 0.1) is 5.92 Å². The van der Waals surface area contributed by atoms with E-state index in [1.807, 2.05) is 0 Å². The third-order valence-corrected chi connectivity index (χ3v) is 5.30. The van der Waals surface area contributed by atoms with E-state index in [4.69, 9.17) is 18.0 Å². The van der Waals surface area contributed by atoms with E-state index in [0.29, 0.717) is 12.6 Å². The second kappa shape index (κ2) is 4.68. The molecule has 100 valence electrons. The first-order chi connectivity index (χ1) is 8.63. The Morgan fingerprint density at radius 2 is 2.11 bits per heavy atom. The van der Waals surface area contributed by atoms with E-state index in [1.165, 1.54) is 25.7 Å². The van der Waals surface area contributed by atoms with Crippen molar-refractivity contribution in [3.05, 3.63) is 0 Å². The molecule has 2 aliphatic carbocycles. The van der Waals surface area contributed by atoms with Crippen molar-refractivity contribution in [1.29, 1.82) is 0 Å². The molecule has 0 aromatic carbocycles. The molecule has 5 heteroatoms. The van der Waals surface area contributed by atoms with Crippen molar-refractivity contribution in [3.63, 3.8) is 0 Å². The molecule has 1 heterocycles. The van der Waals surface area contributed by atoms with Crippen LogP contribution in [0.3, 0.4) is 0 Å². The van der Waals surface area contributed by atoms with Crippen molar-refractivity contribution in [2.45, 2.75) is 38.1 Å². The van der Waals surface area contributed by atoms with Gasteiger partial charge in [0.1, 0.15) is 0 Å². The summed E-state index contributed by atoms with van der Waals surface area (Å²) in [4.78, 5) is 13.3. The first kappa shape index (κ1) is 12.2. The summed E-state index contributed by atoms with van der Waals surface area (Å²) in [5.74, 6) is 1.53. The van der Waals surface area contributed by atoms with Crippen molar-refractivity contribution in [1.82, 2.24) is 10.2 Å². The van der Waals surface area contributed by atoms with Crippen molar-refractivity contribution in [2.24, 2.45) is 23.5 Å². The van der Waals surface area contributed by atoms with Crippen LogP contribution in [0.4, 0.5) is 0 Å². The first-order valence-electron chi connectivity index (χ1n) is 6.98. The summed E-state index contributed by atoms with van der Waals surface area (Å²) >= 11 is 5.47. The Balaban J connectivity index is 1.52. The molecule has 4 atom stereocenters. The number of fused-ring (bicyclic) bond motifs is 2. The fourth-order valence-electron chi connectivity index (χ4n) is 3.85. The van der Waals surface area contributed by atoms with E-state index in [2.05, 4.69) is 10.2 Å². The summed E-state index contributed by atoms with van der Waals surface area (Å²) in [5.41, 5.74) is 5.34. The Bertz CT molecular complexity index is 373. The lowest BCUT2D eigenvalue weighted by Crippen LogP contribution is -2.46. The van der Waals surface area contributed by atoms with Gasteiger partial charge in [-0.1, -0.05) is 6.42 Å². The molecule has 0 aromatic heterocycles. The number of hydrogen-bond acceptors (Lipinski definition) is 2. The first-order valence-corrected chi connectivity index (χ1v) is 7.39. The van der Waals surface area contributed by atoms with Gasteiger partial charge < -0.3 is 16.0 Å². The minimum absolute atomic E-state index is 0.0234. The van der Waals surface area contributed by atoms with Crippen LogP contribution in [0, 0.1) is 17.8 Å². The minimum Gasteiger partial charge on any atom is -0.369 e. The van der Waals surface area contributed by atoms with Gasteiger partial charge in [0.25, 0.3) is 0 Å². The van der Waals surface area contributed by atoms with E-state index in [1.54, 1.807) is 0 Å². The highest BCUT2D eigenvalue weighted by atomic mass is 32.1. The Hall–Kier alpha value is -0.840. The van der Waals surface area contributed by atoms with E-state index in [0.717, 1.165) is 29.9 Å². The van der Waals surface area contributed by atoms with Crippen LogP contribution < -0.4 is 11.1 Å². The van der Waals surface area contributed by atoms with Gasteiger partial charge >= 0.3 is 0 Å². The topological polar surface area (TPSA) is 58.4 Å². The molecule has 1 amide bonds. The van der Waals surface area contributed by atoms with Crippen molar-refractivity contribution in [2.75, 3.05) is 13.1 Å². The van der Waals surface area contributed by atoms with E-state index in [-0.39, 0.29) is 11.8 Å². The van der Waals surface area contributed by atoms with Gasteiger partial charge in [-0.25, -0.2) is 0 Å². The number of amides is 1. The number of carbonyl (C=O) groups excluding carboxylic acids is 1. The molecule has 3 rings (SSSR count). The van der Waals surface area contributed by atoms with E-state index in [9.17, 15) is 4.79 Å². The summed E-state index contributed by atoms with van der Waals surface area (Å²) in [5, 5.41) is 4.35. The standard InChI is InChI=1S/C13H21N3OS/c14-12(17)10-3-4-16(7-10)13(18)15-11-6-8-1-2-9(11)5-8/h8-11H,1-7H2,(H2,14,17)(H,15,18)/t8-,9-,10+,11-/m0/s1. The highest BCUT2D eigenvalue weighted by molar-refractivity contribution is 7.80. The van der Waals surface area contributed by atoms with E-state index >= 15 is 0 Å². The zero-order chi connectivity index (χ0) is 12.7. The number of carbonyl (C=O) groups is 1. The predicted octanol–water partition coefficient (Wildman–Crippen LogP) is 0.857. The number of nitrogens with zero attached hydrogens (tertiary/aromatic N) is 1. The molecule has 2 saturated carbocycles. The molecule has 1 saturated heterocycles. The average molecular weight is 267 g/mol. The molecule has 4 nitrogen and oxygen atoms in total. The second-order valence-electron chi connectivity index (χ2n) is 6.06. The van der Waals surface area contributed by atoms with Crippen LogP contribution in [0.15, 0.2) is 0 Å². The van der Waals surface area contributed by atoms with Gasteiger partial charge in [0.15, 0.2) is 5.11 Å². The fourth-order valence-corrected chi connectivity index (χ4v) is 4.17. The number of likely N-dealkylation sites (tertiary alicyclic amines) is 1. The number of hydrogen-bond donors (Lipinski definition) is 2. The summed E-state index contributed by atoms with van der Waals surface area (Å²) < 4.78 is 0. The molecular formula is C13H21N3OS. The van der Waals surface area contributed by atoms with Crippen LogP contribution in [-0.2, 0) is 4.79 Å². The van der Waals surface area contributed by atoms with Crippen LogP contribution in [0.2, 0.25) is 0 Å². The lowest BCUT2D eigenvalue weighted by molar-refractivity contribution is -0.121. The Labute approximate surface area is 113 Å². The maximum Gasteiger partial charge on any atom is 0.222 e. The SMILES string of the molecule is NC(=O)[C@@H]1CCN(C(=S)N[C@H]2C[C@H]3CC[C@H]2C3)C1. The summed E-state index contributed by atoms with van der Waals surface area (Å²) in [6.07, 6.45) is 6.26. The summed E-state index contributed by atoms with van der Waals surface area (Å²) in [6.45, 7) is 1.56. The third-order valence-electron chi connectivity index (χ3n) is 4.92. The van der Waals surface area contributed by atoms with Crippen LogP contribution in [0.1, 0.15) is 32.1 Å². The monoisotopic (exact) mass is 267 g/mol. The summed E-state index contributed by atoms with van der Waals surface area (Å²) in [7, 11) is 0. The third kappa shape index (κ3) is 2.20.